The molecule has 1 unspecified atom stereocenters. The molecule has 0 aromatic heterocycles. The minimum Gasteiger partial charge on any atom is -0.302 e. The van der Waals surface area contributed by atoms with Crippen LogP contribution in [-0.2, 0) is 0 Å². The van der Waals surface area contributed by atoms with Crippen molar-refractivity contribution in [1.82, 2.24) is 10.2 Å². The molecule has 1 heterocycles. The van der Waals surface area contributed by atoms with Gasteiger partial charge in [-0.3, -0.25) is 4.90 Å². The SMILES string of the molecule is CCCCCCCCCCCCCCCCCC1NCCCN1C. The molecule has 2 heteroatoms. The van der Waals surface area contributed by atoms with Crippen molar-refractivity contribution in [2.75, 3.05) is 20.1 Å². The molecule has 0 aliphatic carbocycles. The minimum atomic E-state index is 0.653. The van der Waals surface area contributed by atoms with Crippen molar-refractivity contribution in [2.45, 2.75) is 122 Å². The molecule has 1 atom stereocenters. The van der Waals surface area contributed by atoms with Crippen molar-refractivity contribution in [3.63, 3.8) is 0 Å². The smallest absolute Gasteiger partial charge is 0.0594 e. The summed E-state index contributed by atoms with van der Waals surface area (Å²) in [6.07, 6.45) is 25.1. The van der Waals surface area contributed by atoms with Crippen LogP contribution in [0.25, 0.3) is 0 Å². The third-order valence-electron chi connectivity index (χ3n) is 5.68. The highest BCUT2D eigenvalue weighted by molar-refractivity contribution is 4.72. The number of hydrogen-bond acceptors (Lipinski definition) is 2. The summed E-state index contributed by atoms with van der Waals surface area (Å²) in [7, 11) is 2.27. The van der Waals surface area contributed by atoms with Gasteiger partial charge < -0.3 is 5.32 Å². The molecule has 144 valence electrons. The van der Waals surface area contributed by atoms with Crippen molar-refractivity contribution in [2.24, 2.45) is 0 Å². The maximum Gasteiger partial charge on any atom is 0.0594 e. The molecule has 0 radical (unpaired) electrons. The maximum absolute atomic E-state index is 3.64. The van der Waals surface area contributed by atoms with Crippen LogP contribution in [0.3, 0.4) is 0 Å². The molecule has 24 heavy (non-hydrogen) atoms. The Bertz CT molecular complexity index is 254. The Morgan fingerprint density at radius 2 is 1.17 bits per heavy atom. The fraction of sp³-hybridized carbons (Fsp3) is 1.00. The quantitative estimate of drug-likeness (QED) is 0.323. The van der Waals surface area contributed by atoms with Crippen LogP contribution in [0.2, 0.25) is 0 Å². The van der Waals surface area contributed by atoms with Gasteiger partial charge in [0.05, 0.1) is 6.17 Å². The summed E-state index contributed by atoms with van der Waals surface area (Å²) in [5, 5.41) is 3.64. The van der Waals surface area contributed by atoms with E-state index in [2.05, 4.69) is 24.2 Å². The van der Waals surface area contributed by atoms with Crippen LogP contribution >= 0.6 is 0 Å². The molecular formula is C22H46N2. The van der Waals surface area contributed by atoms with E-state index in [0.717, 1.165) is 0 Å². The number of rotatable bonds is 16. The lowest BCUT2D eigenvalue weighted by Crippen LogP contribution is -2.49. The van der Waals surface area contributed by atoms with Crippen LogP contribution in [0.15, 0.2) is 0 Å². The average molecular weight is 339 g/mol. The van der Waals surface area contributed by atoms with E-state index >= 15 is 0 Å². The molecule has 0 amide bonds. The van der Waals surface area contributed by atoms with Gasteiger partial charge in [0, 0.05) is 6.54 Å². The van der Waals surface area contributed by atoms with Crippen LogP contribution < -0.4 is 5.32 Å². The summed E-state index contributed by atoms with van der Waals surface area (Å²) in [4.78, 5) is 2.49. The van der Waals surface area contributed by atoms with Crippen LogP contribution in [0.1, 0.15) is 116 Å². The zero-order chi connectivity index (χ0) is 17.3. The Hall–Kier alpha value is -0.0800. The highest BCUT2D eigenvalue weighted by Crippen LogP contribution is 2.15. The number of hydrogen-bond donors (Lipinski definition) is 1. The molecule has 0 aromatic carbocycles. The van der Waals surface area contributed by atoms with Gasteiger partial charge in [-0.25, -0.2) is 0 Å². The van der Waals surface area contributed by atoms with E-state index in [0.29, 0.717) is 6.17 Å². The molecular weight excluding hydrogens is 292 g/mol. The Morgan fingerprint density at radius 1 is 0.708 bits per heavy atom. The Kier molecular flexibility index (Phi) is 15.0. The van der Waals surface area contributed by atoms with E-state index in [4.69, 9.17) is 0 Å². The van der Waals surface area contributed by atoms with Gasteiger partial charge in [0.2, 0.25) is 0 Å². The summed E-state index contributed by atoms with van der Waals surface area (Å²) in [5.74, 6) is 0. The van der Waals surface area contributed by atoms with E-state index in [1.165, 1.54) is 122 Å². The fourth-order valence-corrected chi connectivity index (χ4v) is 3.94. The second-order valence-electron chi connectivity index (χ2n) is 8.04. The van der Waals surface area contributed by atoms with Gasteiger partial charge in [-0.15, -0.1) is 0 Å². The van der Waals surface area contributed by atoms with Crippen LogP contribution in [0, 0.1) is 0 Å². The lowest BCUT2D eigenvalue weighted by Gasteiger charge is -2.33. The molecule has 1 fully saturated rings. The number of unbranched alkanes of at least 4 members (excludes halogenated alkanes) is 14. The predicted molar refractivity (Wildman–Crippen MR) is 109 cm³/mol. The van der Waals surface area contributed by atoms with E-state index < -0.39 is 0 Å². The van der Waals surface area contributed by atoms with Gasteiger partial charge in [-0.05, 0) is 26.4 Å². The molecule has 1 saturated heterocycles. The predicted octanol–water partition coefficient (Wildman–Crippen LogP) is 6.50. The van der Waals surface area contributed by atoms with Gasteiger partial charge in [-0.1, -0.05) is 103 Å². The molecule has 1 aliphatic heterocycles. The summed E-state index contributed by atoms with van der Waals surface area (Å²) >= 11 is 0. The highest BCUT2D eigenvalue weighted by atomic mass is 15.3. The molecule has 0 spiro atoms. The van der Waals surface area contributed by atoms with E-state index in [1.807, 2.05) is 0 Å². The van der Waals surface area contributed by atoms with Gasteiger partial charge in [0.1, 0.15) is 0 Å². The number of nitrogens with one attached hydrogen (secondary N) is 1. The molecule has 1 rings (SSSR count). The van der Waals surface area contributed by atoms with Crippen molar-refractivity contribution in [3.05, 3.63) is 0 Å². The van der Waals surface area contributed by atoms with Crippen LogP contribution in [-0.4, -0.2) is 31.2 Å². The lowest BCUT2D eigenvalue weighted by atomic mass is 10.0. The number of nitrogens with zero attached hydrogens (tertiary/aromatic N) is 1. The first kappa shape index (κ1) is 22.0. The summed E-state index contributed by atoms with van der Waals surface area (Å²) in [6, 6.07) is 0. The van der Waals surface area contributed by atoms with Crippen molar-refractivity contribution >= 4 is 0 Å². The Labute approximate surface area is 153 Å². The van der Waals surface area contributed by atoms with Crippen LogP contribution in [0.5, 0.6) is 0 Å². The third kappa shape index (κ3) is 12.3. The summed E-state index contributed by atoms with van der Waals surface area (Å²) < 4.78 is 0. The molecule has 0 saturated carbocycles. The zero-order valence-electron chi connectivity index (χ0n) is 17.0. The molecule has 1 aliphatic rings. The minimum absolute atomic E-state index is 0.653. The second-order valence-corrected chi connectivity index (χ2v) is 8.04. The second kappa shape index (κ2) is 16.4. The highest BCUT2D eigenvalue weighted by Gasteiger charge is 2.16. The zero-order valence-corrected chi connectivity index (χ0v) is 17.0. The summed E-state index contributed by atoms with van der Waals surface area (Å²) in [6.45, 7) is 4.79. The fourth-order valence-electron chi connectivity index (χ4n) is 3.94. The van der Waals surface area contributed by atoms with Gasteiger partial charge >= 0.3 is 0 Å². The van der Waals surface area contributed by atoms with Gasteiger partial charge in [0.15, 0.2) is 0 Å². The summed E-state index contributed by atoms with van der Waals surface area (Å²) in [5.41, 5.74) is 0. The normalized spacial score (nSPS) is 19.0. The lowest BCUT2D eigenvalue weighted by molar-refractivity contribution is 0.153. The van der Waals surface area contributed by atoms with Crippen molar-refractivity contribution in [1.29, 1.82) is 0 Å². The molecule has 2 nitrogen and oxygen atoms in total. The Morgan fingerprint density at radius 3 is 1.62 bits per heavy atom. The first-order chi connectivity index (χ1) is 11.8. The van der Waals surface area contributed by atoms with Gasteiger partial charge in [-0.2, -0.15) is 0 Å². The standard InChI is InChI=1S/C22H46N2/c1-3-4-5-6-7-8-9-10-11-12-13-14-15-16-17-19-22-23-20-18-21-24(22)2/h22-23H,3-21H2,1-2H3. The van der Waals surface area contributed by atoms with Crippen molar-refractivity contribution < 1.29 is 0 Å². The largest absolute Gasteiger partial charge is 0.302 e. The Balaban J connectivity index is 1.72. The van der Waals surface area contributed by atoms with Crippen molar-refractivity contribution in [3.8, 4) is 0 Å². The molecule has 1 N–H and O–H groups in total. The third-order valence-corrected chi connectivity index (χ3v) is 5.68. The maximum atomic E-state index is 3.64. The monoisotopic (exact) mass is 338 g/mol. The van der Waals surface area contributed by atoms with E-state index in [1.54, 1.807) is 0 Å². The first-order valence-corrected chi connectivity index (χ1v) is 11.3. The topological polar surface area (TPSA) is 15.3 Å². The average Bonchev–Trinajstić information content (AvgIpc) is 2.60. The van der Waals surface area contributed by atoms with Crippen LogP contribution in [0.4, 0.5) is 0 Å². The first-order valence-electron chi connectivity index (χ1n) is 11.3. The molecule has 0 aromatic rings. The molecule has 0 bridgehead atoms. The van der Waals surface area contributed by atoms with E-state index in [-0.39, 0.29) is 0 Å². The van der Waals surface area contributed by atoms with Gasteiger partial charge in [0.25, 0.3) is 0 Å². The van der Waals surface area contributed by atoms with E-state index in [9.17, 15) is 0 Å².